The number of hydrazone groups is 1. The first-order valence-corrected chi connectivity index (χ1v) is 3.56. The number of rotatable bonds is 3. The first kappa shape index (κ1) is 8.00. The number of hydrazine groups is 2. The van der Waals surface area contributed by atoms with E-state index in [-0.39, 0.29) is 5.78 Å². The zero-order chi connectivity index (χ0) is 8.27. The molecule has 0 saturated heterocycles. The fraction of sp³-hybridized carbons (Fsp3) is 0.667. The van der Waals surface area contributed by atoms with E-state index in [9.17, 15) is 4.79 Å². The molecule has 0 aromatic heterocycles. The van der Waals surface area contributed by atoms with Gasteiger partial charge in [-0.05, 0) is 0 Å². The van der Waals surface area contributed by atoms with Crippen LogP contribution in [0.4, 0.5) is 0 Å². The van der Waals surface area contributed by atoms with Gasteiger partial charge in [0.25, 0.3) is 0 Å². The average molecular weight is 156 g/mol. The third kappa shape index (κ3) is 2.19. The average Bonchev–Trinajstić information content (AvgIpc) is 2.35. The van der Waals surface area contributed by atoms with Crippen LogP contribution in [-0.4, -0.2) is 23.8 Å². The Hall–Kier alpha value is -1.10. The summed E-state index contributed by atoms with van der Waals surface area (Å²) in [5.41, 5.74) is 5.53. The van der Waals surface area contributed by atoms with Crippen molar-refractivity contribution in [3.05, 3.63) is 0 Å². The molecule has 0 spiro atoms. The van der Waals surface area contributed by atoms with Crippen LogP contribution in [0.25, 0.3) is 0 Å². The quantitative estimate of drug-likeness (QED) is 0.585. The number of hydrogen-bond donors (Lipinski definition) is 2. The summed E-state index contributed by atoms with van der Waals surface area (Å²) >= 11 is 0. The van der Waals surface area contributed by atoms with Crippen LogP contribution in [0.3, 0.4) is 0 Å². The first-order chi connectivity index (χ1) is 5.22. The van der Waals surface area contributed by atoms with E-state index in [4.69, 9.17) is 0 Å². The van der Waals surface area contributed by atoms with Crippen molar-refractivity contribution in [3.8, 4) is 0 Å². The Balaban J connectivity index is 2.33. The predicted molar refractivity (Wildman–Crippen MR) is 41.4 cm³/mol. The number of nitrogens with one attached hydrogen (secondary N) is 2. The number of ketones is 1. The lowest BCUT2D eigenvalue weighted by Crippen LogP contribution is -2.38. The van der Waals surface area contributed by atoms with Gasteiger partial charge in [0, 0.05) is 13.5 Å². The fourth-order valence-electron chi connectivity index (χ4n) is 0.770. The molecule has 0 unspecified atom stereocenters. The lowest BCUT2D eigenvalue weighted by atomic mass is 10.2. The molecule has 62 valence electrons. The Kier molecular flexibility index (Phi) is 2.43. The number of carbonyl (C=O) groups excluding carboxylic acids is 1. The molecular weight excluding hydrogens is 144 g/mol. The maximum Gasteiger partial charge on any atom is 0.147 e. The molecule has 1 rings (SSSR count). The van der Waals surface area contributed by atoms with Crippen molar-refractivity contribution >= 4 is 11.6 Å². The van der Waals surface area contributed by atoms with Crippen molar-refractivity contribution in [3.63, 3.8) is 0 Å². The molecule has 1 heterocycles. The van der Waals surface area contributed by atoms with Gasteiger partial charge in [0.05, 0.1) is 6.42 Å². The molecule has 0 aliphatic carbocycles. The van der Waals surface area contributed by atoms with Gasteiger partial charge in [0.15, 0.2) is 0 Å². The normalized spacial score (nSPS) is 17.1. The fourth-order valence-corrected chi connectivity index (χ4v) is 0.770. The zero-order valence-electron chi connectivity index (χ0n) is 6.72. The van der Waals surface area contributed by atoms with Gasteiger partial charge in [-0.3, -0.25) is 10.2 Å². The summed E-state index contributed by atoms with van der Waals surface area (Å²) in [5, 5.41) is 5.46. The van der Waals surface area contributed by atoms with E-state index in [1.54, 1.807) is 12.2 Å². The third-order valence-corrected chi connectivity index (χ3v) is 1.39. The Labute approximate surface area is 65.4 Å². The summed E-state index contributed by atoms with van der Waals surface area (Å²) in [6.07, 6.45) is 0.943. The van der Waals surface area contributed by atoms with Crippen molar-refractivity contribution < 1.29 is 4.79 Å². The summed E-state index contributed by atoms with van der Waals surface area (Å²) in [4.78, 5) is 10.9. The number of amidine groups is 1. The largest absolute Gasteiger partial charge is 0.299 e. The SMILES string of the molecule is CCC(=O)CC1=NNN(C)N1. The molecule has 0 aromatic carbocycles. The minimum Gasteiger partial charge on any atom is -0.299 e. The van der Waals surface area contributed by atoms with Crippen molar-refractivity contribution in [2.24, 2.45) is 5.10 Å². The minimum atomic E-state index is 0.188. The second kappa shape index (κ2) is 3.34. The molecule has 11 heavy (non-hydrogen) atoms. The van der Waals surface area contributed by atoms with Gasteiger partial charge in [-0.15, -0.1) is 10.2 Å². The van der Waals surface area contributed by atoms with Crippen molar-refractivity contribution in [1.82, 2.24) is 16.1 Å². The van der Waals surface area contributed by atoms with E-state index in [1.165, 1.54) is 0 Å². The van der Waals surface area contributed by atoms with Crippen molar-refractivity contribution in [2.75, 3.05) is 7.05 Å². The van der Waals surface area contributed by atoms with Gasteiger partial charge in [-0.25, -0.2) is 5.53 Å². The van der Waals surface area contributed by atoms with Crippen molar-refractivity contribution in [2.45, 2.75) is 19.8 Å². The van der Waals surface area contributed by atoms with E-state index in [0.29, 0.717) is 18.7 Å². The Morgan fingerprint density at radius 1 is 1.73 bits per heavy atom. The Morgan fingerprint density at radius 2 is 2.45 bits per heavy atom. The molecule has 5 heteroatoms. The van der Waals surface area contributed by atoms with Gasteiger partial charge in [-0.2, -0.15) is 0 Å². The van der Waals surface area contributed by atoms with Crippen LogP contribution in [0, 0.1) is 0 Å². The van der Waals surface area contributed by atoms with E-state index < -0.39 is 0 Å². The molecule has 0 saturated carbocycles. The molecule has 5 nitrogen and oxygen atoms in total. The predicted octanol–water partition coefficient (Wildman–Crippen LogP) is -0.376. The highest BCUT2D eigenvalue weighted by Crippen LogP contribution is 1.93. The summed E-state index contributed by atoms with van der Waals surface area (Å²) in [7, 11) is 1.78. The van der Waals surface area contributed by atoms with Crippen molar-refractivity contribution in [1.29, 1.82) is 0 Å². The van der Waals surface area contributed by atoms with Crippen LogP contribution < -0.4 is 11.0 Å². The molecule has 0 fully saturated rings. The highest BCUT2D eigenvalue weighted by Gasteiger charge is 2.12. The number of nitrogens with zero attached hydrogens (tertiary/aromatic N) is 2. The third-order valence-electron chi connectivity index (χ3n) is 1.39. The van der Waals surface area contributed by atoms with E-state index in [2.05, 4.69) is 16.1 Å². The molecule has 0 radical (unpaired) electrons. The van der Waals surface area contributed by atoms with Gasteiger partial charge in [-0.1, -0.05) is 6.92 Å². The van der Waals surface area contributed by atoms with Gasteiger partial charge in [0.1, 0.15) is 11.6 Å². The van der Waals surface area contributed by atoms with Crippen LogP contribution in [0.15, 0.2) is 5.10 Å². The molecule has 1 aliphatic rings. The number of hydrogen-bond acceptors (Lipinski definition) is 5. The van der Waals surface area contributed by atoms with Gasteiger partial charge in [0.2, 0.25) is 0 Å². The topological polar surface area (TPSA) is 56.7 Å². The maximum atomic E-state index is 10.9. The van der Waals surface area contributed by atoms with E-state index in [1.807, 2.05) is 6.92 Å². The summed E-state index contributed by atoms with van der Waals surface area (Å²) in [6.45, 7) is 1.84. The van der Waals surface area contributed by atoms with Crippen LogP contribution in [0.2, 0.25) is 0 Å². The van der Waals surface area contributed by atoms with Crippen LogP contribution >= 0.6 is 0 Å². The highest BCUT2D eigenvalue weighted by molar-refractivity contribution is 6.00. The van der Waals surface area contributed by atoms with Crippen LogP contribution in [0.1, 0.15) is 19.8 Å². The summed E-state index contributed by atoms with van der Waals surface area (Å²) in [5.74, 6) is 0.868. The molecule has 0 bridgehead atoms. The summed E-state index contributed by atoms with van der Waals surface area (Å²) in [6, 6.07) is 0. The van der Waals surface area contributed by atoms with E-state index >= 15 is 0 Å². The van der Waals surface area contributed by atoms with Gasteiger partial charge < -0.3 is 0 Å². The zero-order valence-corrected chi connectivity index (χ0v) is 6.72. The number of Topliss-reactive ketones (excluding diaryl/α,β-unsaturated/α-hetero) is 1. The lowest BCUT2D eigenvalue weighted by molar-refractivity contribution is -0.117. The molecule has 0 amide bonds. The molecule has 0 atom stereocenters. The molecule has 2 N–H and O–H groups in total. The minimum absolute atomic E-state index is 0.188. The Morgan fingerprint density at radius 3 is 2.91 bits per heavy atom. The first-order valence-electron chi connectivity index (χ1n) is 3.56. The second-order valence-corrected chi connectivity index (χ2v) is 2.40. The monoisotopic (exact) mass is 156 g/mol. The highest BCUT2D eigenvalue weighted by atomic mass is 16.1. The molecule has 1 aliphatic heterocycles. The molecule has 0 aromatic rings. The lowest BCUT2D eigenvalue weighted by Gasteiger charge is -2.06. The Bertz CT molecular complexity index is 189. The van der Waals surface area contributed by atoms with Gasteiger partial charge >= 0.3 is 0 Å². The second-order valence-electron chi connectivity index (χ2n) is 2.40. The summed E-state index contributed by atoms with van der Waals surface area (Å²) < 4.78 is 0. The van der Waals surface area contributed by atoms with Crippen LogP contribution in [-0.2, 0) is 4.79 Å². The molecular formula is C6H12N4O. The van der Waals surface area contributed by atoms with E-state index in [0.717, 1.165) is 0 Å². The van der Waals surface area contributed by atoms with Crippen LogP contribution in [0.5, 0.6) is 0 Å². The standard InChI is InChI=1S/C6H12N4O/c1-3-5(11)4-6-7-9-10(2)8-6/h9H,3-4H2,1-2H3,(H,7,8). The number of carbonyl (C=O) groups is 1. The smallest absolute Gasteiger partial charge is 0.147 e. The maximum absolute atomic E-state index is 10.9.